The average molecular weight is 248 g/mol. The molecule has 0 amide bonds. The molecule has 1 unspecified atom stereocenters. The van der Waals surface area contributed by atoms with Crippen molar-refractivity contribution in [3.63, 3.8) is 0 Å². The van der Waals surface area contributed by atoms with E-state index in [-0.39, 0.29) is 0 Å². The first-order valence-electron chi connectivity index (χ1n) is 6.88. The second-order valence-corrected chi connectivity index (χ2v) is 5.22. The molecule has 2 N–H and O–H groups in total. The Labute approximate surface area is 110 Å². The lowest BCUT2D eigenvalue weighted by Gasteiger charge is -2.18. The van der Waals surface area contributed by atoms with Crippen LogP contribution in [0.15, 0.2) is 24.3 Å². The second-order valence-electron chi connectivity index (χ2n) is 5.22. The van der Waals surface area contributed by atoms with Gasteiger partial charge in [0.2, 0.25) is 0 Å². The number of hydrogen-bond acceptors (Lipinski definition) is 3. The fourth-order valence-electron chi connectivity index (χ4n) is 2.42. The van der Waals surface area contributed by atoms with E-state index in [1.165, 1.54) is 18.4 Å². The molecule has 18 heavy (non-hydrogen) atoms. The zero-order chi connectivity index (χ0) is 12.8. The number of likely N-dealkylation sites (N-methyl/N-ethyl adjacent to an activating group) is 1. The van der Waals surface area contributed by atoms with E-state index < -0.39 is 0 Å². The summed E-state index contributed by atoms with van der Waals surface area (Å²) in [7, 11) is 2.18. The van der Waals surface area contributed by atoms with Gasteiger partial charge in [-0.1, -0.05) is 12.1 Å². The highest BCUT2D eigenvalue weighted by molar-refractivity contribution is 5.40. The minimum absolute atomic E-state index is 0.500. The largest absolute Gasteiger partial charge is 0.399 e. The van der Waals surface area contributed by atoms with Crippen LogP contribution < -0.4 is 5.73 Å². The molecule has 1 aromatic rings. The van der Waals surface area contributed by atoms with Gasteiger partial charge in [0.25, 0.3) is 0 Å². The Hall–Kier alpha value is -1.06. The quantitative estimate of drug-likeness (QED) is 0.785. The molecule has 0 radical (unpaired) electrons. The van der Waals surface area contributed by atoms with Crippen LogP contribution in [0.1, 0.15) is 24.8 Å². The number of benzene rings is 1. The van der Waals surface area contributed by atoms with Gasteiger partial charge >= 0.3 is 0 Å². The number of hydrogen-bond donors (Lipinski definition) is 1. The summed E-state index contributed by atoms with van der Waals surface area (Å²) in [6, 6.07) is 8.17. The molecule has 1 aliphatic rings. The summed E-state index contributed by atoms with van der Waals surface area (Å²) in [5.41, 5.74) is 7.95. The molecule has 0 spiro atoms. The third kappa shape index (κ3) is 4.31. The van der Waals surface area contributed by atoms with Gasteiger partial charge in [-0.2, -0.15) is 0 Å². The molecular formula is C15H24N2O. The zero-order valence-electron chi connectivity index (χ0n) is 11.3. The number of rotatable bonds is 6. The van der Waals surface area contributed by atoms with E-state index in [2.05, 4.69) is 24.1 Å². The van der Waals surface area contributed by atoms with Crippen LogP contribution in [0.4, 0.5) is 5.69 Å². The molecule has 1 aromatic carbocycles. The Morgan fingerprint density at radius 1 is 1.39 bits per heavy atom. The van der Waals surface area contributed by atoms with E-state index in [0.717, 1.165) is 38.2 Å². The molecule has 2 rings (SSSR count). The van der Waals surface area contributed by atoms with E-state index in [0.29, 0.717) is 6.10 Å². The Kier molecular flexibility index (Phi) is 5.02. The van der Waals surface area contributed by atoms with Crippen LogP contribution in [-0.4, -0.2) is 37.7 Å². The van der Waals surface area contributed by atoms with Gasteiger partial charge in [0.15, 0.2) is 0 Å². The summed E-state index contributed by atoms with van der Waals surface area (Å²) in [4.78, 5) is 2.38. The van der Waals surface area contributed by atoms with Crippen molar-refractivity contribution in [3.05, 3.63) is 29.8 Å². The normalized spacial score (nSPS) is 19.6. The Bertz CT molecular complexity index is 361. The maximum absolute atomic E-state index is 5.78. The first-order valence-corrected chi connectivity index (χ1v) is 6.88. The highest BCUT2D eigenvalue weighted by atomic mass is 16.5. The molecule has 0 saturated carbocycles. The number of nitrogen functional groups attached to an aromatic ring is 1. The fraction of sp³-hybridized carbons (Fsp3) is 0.600. The molecule has 1 saturated heterocycles. The molecule has 3 heteroatoms. The van der Waals surface area contributed by atoms with Crippen molar-refractivity contribution >= 4 is 5.69 Å². The van der Waals surface area contributed by atoms with Crippen molar-refractivity contribution in [2.75, 3.05) is 32.5 Å². The number of anilines is 1. The lowest BCUT2D eigenvalue weighted by atomic mass is 10.1. The second kappa shape index (κ2) is 6.76. The summed E-state index contributed by atoms with van der Waals surface area (Å²) in [5, 5.41) is 0. The molecule has 3 nitrogen and oxygen atoms in total. The van der Waals surface area contributed by atoms with Gasteiger partial charge in [-0.15, -0.1) is 0 Å². The van der Waals surface area contributed by atoms with Crippen molar-refractivity contribution in [1.82, 2.24) is 4.90 Å². The SMILES string of the molecule is CN(CCc1cccc(N)c1)CCC1CCCO1. The lowest BCUT2D eigenvalue weighted by molar-refractivity contribution is 0.0952. The molecule has 1 atom stereocenters. The maximum Gasteiger partial charge on any atom is 0.0588 e. The van der Waals surface area contributed by atoms with Crippen molar-refractivity contribution in [2.24, 2.45) is 0 Å². The van der Waals surface area contributed by atoms with E-state index in [9.17, 15) is 0 Å². The predicted molar refractivity (Wildman–Crippen MR) is 75.6 cm³/mol. The maximum atomic E-state index is 5.78. The third-order valence-corrected chi connectivity index (χ3v) is 3.59. The van der Waals surface area contributed by atoms with Crippen LogP contribution in [0, 0.1) is 0 Å². The zero-order valence-corrected chi connectivity index (χ0v) is 11.3. The summed E-state index contributed by atoms with van der Waals surface area (Å²) in [5.74, 6) is 0. The number of ether oxygens (including phenoxy) is 1. The highest BCUT2D eigenvalue weighted by Gasteiger charge is 2.15. The lowest BCUT2D eigenvalue weighted by Crippen LogP contribution is -2.25. The van der Waals surface area contributed by atoms with Crippen LogP contribution in [-0.2, 0) is 11.2 Å². The van der Waals surface area contributed by atoms with Crippen molar-refractivity contribution < 1.29 is 4.74 Å². The van der Waals surface area contributed by atoms with E-state index >= 15 is 0 Å². The first-order chi connectivity index (χ1) is 8.74. The van der Waals surface area contributed by atoms with Crippen LogP contribution in [0.2, 0.25) is 0 Å². The minimum atomic E-state index is 0.500. The fourth-order valence-corrected chi connectivity index (χ4v) is 2.42. The van der Waals surface area contributed by atoms with Crippen molar-refractivity contribution in [2.45, 2.75) is 31.8 Å². The Morgan fingerprint density at radius 2 is 2.28 bits per heavy atom. The monoisotopic (exact) mass is 248 g/mol. The van der Waals surface area contributed by atoms with E-state index in [1.807, 2.05) is 12.1 Å². The topological polar surface area (TPSA) is 38.5 Å². The molecule has 0 aromatic heterocycles. The first kappa shape index (κ1) is 13.4. The highest BCUT2D eigenvalue weighted by Crippen LogP contribution is 2.15. The molecule has 1 heterocycles. The predicted octanol–water partition coefficient (Wildman–Crippen LogP) is 2.31. The molecule has 0 bridgehead atoms. The van der Waals surface area contributed by atoms with Gasteiger partial charge in [-0.25, -0.2) is 0 Å². The van der Waals surface area contributed by atoms with Gasteiger partial charge in [-0.05, 0) is 50.4 Å². The molecular weight excluding hydrogens is 224 g/mol. The van der Waals surface area contributed by atoms with Crippen LogP contribution in [0.25, 0.3) is 0 Å². The van der Waals surface area contributed by atoms with Crippen molar-refractivity contribution in [3.8, 4) is 0 Å². The van der Waals surface area contributed by atoms with Crippen molar-refractivity contribution in [1.29, 1.82) is 0 Å². The third-order valence-electron chi connectivity index (χ3n) is 3.59. The molecule has 1 aliphatic heterocycles. The van der Waals surface area contributed by atoms with Gasteiger partial charge in [-0.3, -0.25) is 0 Å². The summed E-state index contributed by atoms with van der Waals surface area (Å²) >= 11 is 0. The average Bonchev–Trinajstić information content (AvgIpc) is 2.87. The Morgan fingerprint density at radius 3 is 3.00 bits per heavy atom. The summed E-state index contributed by atoms with van der Waals surface area (Å²) in [6.45, 7) is 3.15. The molecule has 100 valence electrons. The van der Waals surface area contributed by atoms with E-state index in [4.69, 9.17) is 10.5 Å². The van der Waals surface area contributed by atoms with Gasteiger partial charge in [0, 0.05) is 25.4 Å². The van der Waals surface area contributed by atoms with Gasteiger partial charge in [0.1, 0.15) is 0 Å². The van der Waals surface area contributed by atoms with E-state index in [1.54, 1.807) is 0 Å². The van der Waals surface area contributed by atoms with Gasteiger partial charge < -0.3 is 15.4 Å². The Balaban J connectivity index is 1.66. The number of nitrogens with two attached hydrogens (primary N) is 1. The molecule has 1 fully saturated rings. The minimum Gasteiger partial charge on any atom is -0.399 e. The number of nitrogens with zero attached hydrogens (tertiary/aromatic N) is 1. The van der Waals surface area contributed by atoms with Crippen LogP contribution in [0.3, 0.4) is 0 Å². The standard InChI is InChI=1S/C15H24N2O/c1-17(10-8-15-6-3-11-18-15)9-7-13-4-2-5-14(16)12-13/h2,4-5,12,15H,3,6-11,16H2,1H3. The smallest absolute Gasteiger partial charge is 0.0588 e. The molecule has 0 aliphatic carbocycles. The summed E-state index contributed by atoms with van der Waals surface area (Å²) in [6.07, 6.45) is 5.20. The van der Waals surface area contributed by atoms with Crippen LogP contribution in [0.5, 0.6) is 0 Å². The van der Waals surface area contributed by atoms with Gasteiger partial charge in [0.05, 0.1) is 6.10 Å². The summed E-state index contributed by atoms with van der Waals surface area (Å²) < 4.78 is 5.64. The van der Waals surface area contributed by atoms with Crippen LogP contribution >= 0.6 is 0 Å².